The maximum atomic E-state index is 13.6. The number of pyridine rings is 1. The van der Waals surface area contributed by atoms with Crippen molar-refractivity contribution in [2.45, 2.75) is 70.8 Å². The summed E-state index contributed by atoms with van der Waals surface area (Å²) >= 11 is 0. The van der Waals surface area contributed by atoms with E-state index in [0.29, 0.717) is 25.3 Å². The van der Waals surface area contributed by atoms with Gasteiger partial charge < -0.3 is 14.4 Å². The number of likely N-dealkylation sites (tertiary alicyclic amines) is 2. The van der Waals surface area contributed by atoms with E-state index in [9.17, 15) is 19.2 Å². The number of carbonyl (C=O) groups is 4. The van der Waals surface area contributed by atoms with E-state index in [1.54, 1.807) is 24.0 Å². The van der Waals surface area contributed by atoms with E-state index in [2.05, 4.69) is 29.4 Å². The number of unbranched alkanes of at least 4 members (excludes halogenated alkanes) is 3. The van der Waals surface area contributed by atoms with E-state index >= 15 is 0 Å². The summed E-state index contributed by atoms with van der Waals surface area (Å²) in [5.41, 5.74) is 1.85. The quantitative estimate of drug-likeness (QED) is 0.228. The molecule has 2 aromatic rings. The lowest BCUT2D eigenvalue weighted by atomic mass is 9.82. The number of imide groups is 1. The largest absolute Gasteiger partial charge is 0.464 e. The molecule has 0 aliphatic carbocycles. The minimum Gasteiger partial charge on any atom is -0.464 e. The monoisotopic (exact) mass is 564 g/mol. The Hall–Kier alpha value is -3.95. The average molecular weight is 565 g/mol. The summed E-state index contributed by atoms with van der Waals surface area (Å²) < 4.78 is 10.5. The molecule has 0 bridgehead atoms. The standard InChI is InChI=1S/C31H40N4O6/c1-3-5-6-10-18-41-30(38)33-26-20-22(15-16-32-26)19-25-27(29(37)40-4-2)35(28(25)36)31(39)34-17-11-14-24(21-34)23-12-8-7-9-13-23/h7-9,12-13,15-16,20,24-25,27H,3-6,10-11,14,17-19,21H2,1-2H3,(H,32,33,38)/t24-,25+,27-/m0/s1. The number of ether oxygens (including phenoxy) is 2. The predicted octanol–water partition coefficient (Wildman–Crippen LogP) is 5.14. The summed E-state index contributed by atoms with van der Waals surface area (Å²) in [6.45, 7) is 5.29. The lowest BCUT2D eigenvalue weighted by Gasteiger charge is -2.46. The molecule has 2 fully saturated rings. The van der Waals surface area contributed by atoms with Crippen LogP contribution in [0.25, 0.3) is 0 Å². The first kappa shape index (κ1) is 30.0. The van der Waals surface area contributed by atoms with Gasteiger partial charge in [-0.3, -0.25) is 10.1 Å². The number of anilines is 1. The molecular weight excluding hydrogens is 524 g/mol. The van der Waals surface area contributed by atoms with Gasteiger partial charge in [0.2, 0.25) is 5.91 Å². The summed E-state index contributed by atoms with van der Waals surface area (Å²) in [7, 11) is 0. The smallest absolute Gasteiger partial charge is 0.412 e. The summed E-state index contributed by atoms with van der Waals surface area (Å²) in [5, 5.41) is 2.62. The molecule has 3 heterocycles. The van der Waals surface area contributed by atoms with Crippen LogP contribution in [0.4, 0.5) is 15.4 Å². The second-order valence-electron chi connectivity index (χ2n) is 10.6. The number of amides is 4. The molecule has 41 heavy (non-hydrogen) atoms. The van der Waals surface area contributed by atoms with Crippen LogP contribution in [-0.2, 0) is 25.5 Å². The van der Waals surface area contributed by atoms with E-state index in [-0.39, 0.29) is 24.8 Å². The second kappa shape index (κ2) is 14.6. The first-order chi connectivity index (χ1) is 19.9. The van der Waals surface area contributed by atoms with Crippen molar-refractivity contribution in [3.63, 3.8) is 0 Å². The molecule has 4 rings (SSSR count). The number of piperidine rings is 1. The van der Waals surface area contributed by atoms with Crippen LogP contribution in [0.15, 0.2) is 48.7 Å². The van der Waals surface area contributed by atoms with Crippen molar-refractivity contribution < 1.29 is 28.7 Å². The first-order valence-electron chi connectivity index (χ1n) is 14.6. The minimum atomic E-state index is -1.01. The molecule has 2 aliphatic heterocycles. The molecule has 1 aromatic carbocycles. The highest BCUT2D eigenvalue weighted by Crippen LogP contribution is 2.34. The van der Waals surface area contributed by atoms with Crippen molar-refractivity contribution in [1.82, 2.24) is 14.8 Å². The molecule has 4 amide bonds. The van der Waals surface area contributed by atoms with Gasteiger partial charge in [0.05, 0.1) is 19.1 Å². The molecule has 0 saturated carbocycles. The van der Waals surface area contributed by atoms with Crippen LogP contribution >= 0.6 is 0 Å². The number of hydrogen-bond donors (Lipinski definition) is 1. The van der Waals surface area contributed by atoms with Crippen LogP contribution in [0.5, 0.6) is 0 Å². The fraction of sp³-hybridized carbons (Fsp3) is 0.516. The Morgan fingerprint density at radius 1 is 1.05 bits per heavy atom. The van der Waals surface area contributed by atoms with Gasteiger partial charge in [-0.15, -0.1) is 0 Å². The molecule has 0 spiro atoms. The zero-order valence-electron chi connectivity index (χ0n) is 23.9. The average Bonchev–Trinajstić information content (AvgIpc) is 2.99. The summed E-state index contributed by atoms with van der Waals surface area (Å²) in [6, 6.07) is 11.9. The van der Waals surface area contributed by atoms with Gasteiger partial charge in [0.25, 0.3) is 0 Å². The van der Waals surface area contributed by atoms with Gasteiger partial charge >= 0.3 is 18.1 Å². The summed E-state index contributed by atoms with van der Waals surface area (Å²) in [6.07, 6.45) is 6.89. The number of hydrogen-bond acceptors (Lipinski definition) is 7. The van der Waals surface area contributed by atoms with Gasteiger partial charge in [0.15, 0.2) is 6.04 Å². The SMILES string of the molecule is CCCCCCOC(=O)Nc1cc(C[C@H]2C(=O)N(C(=O)N3CCC[C@H](c4ccccc4)C3)[C@@H]2C(=O)OCC)ccn1. The third-order valence-corrected chi connectivity index (χ3v) is 7.65. The molecule has 10 nitrogen and oxygen atoms in total. The van der Waals surface area contributed by atoms with E-state index in [1.807, 2.05) is 18.2 Å². The van der Waals surface area contributed by atoms with Crippen LogP contribution in [-0.4, -0.2) is 71.1 Å². The molecule has 2 saturated heterocycles. The van der Waals surface area contributed by atoms with Crippen molar-refractivity contribution in [1.29, 1.82) is 0 Å². The lowest BCUT2D eigenvalue weighted by Crippen LogP contribution is -2.69. The fourth-order valence-electron chi connectivity index (χ4n) is 5.52. The maximum absolute atomic E-state index is 13.6. The van der Waals surface area contributed by atoms with Crippen LogP contribution in [0.2, 0.25) is 0 Å². The van der Waals surface area contributed by atoms with Crippen molar-refractivity contribution in [2.75, 3.05) is 31.6 Å². The third-order valence-electron chi connectivity index (χ3n) is 7.65. The van der Waals surface area contributed by atoms with Crippen LogP contribution < -0.4 is 5.32 Å². The maximum Gasteiger partial charge on any atom is 0.412 e. The van der Waals surface area contributed by atoms with Gasteiger partial charge in [-0.2, -0.15) is 0 Å². The van der Waals surface area contributed by atoms with Gasteiger partial charge in [0.1, 0.15) is 5.82 Å². The highest BCUT2D eigenvalue weighted by atomic mass is 16.5. The number of β-lactam (4-membered cyclic amide) rings is 1. The van der Waals surface area contributed by atoms with Gasteiger partial charge in [-0.05, 0) is 55.9 Å². The molecule has 0 unspecified atom stereocenters. The van der Waals surface area contributed by atoms with Crippen LogP contribution in [0.1, 0.15) is 69.4 Å². The highest BCUT2D eigenvalue weighted by molar-refractivity contribution is 6.08. The van der Waals surface area contributed by atoms with Crippen molar-refractivity contribution in [3.05, 3.63) is 59.8 Å². The molecule has 2 aliphatic rings. The van der Waals surface area contributed by atoms with Crippen molar-refractivity contribution in [3.8, 4) is 0 Å². The molecule has 1 aromatic heterocycles. The lowest BCUT2D eigenvalue weighted by molar-refractivity contribution is -0.170. The Bertz CT molecular complexity index is 1210. The molecule has 10 heteroatoms. The zero-order valence-corrected chi connectivity index (χ0v) is 23.9. The number of urea groups is 1. The summed E-state index contributed by atoms with van der Waals surface area (Å²) in [5.74, 6) is -1.30. The van der Waals surface area contributed by atoms with E-state index in [4.69, 9.17) is 9.47 Å². The topological polar surface area (TPSA) is 118 Å². The molecule has 220 valence electrons. The Morgan fingerprint density at radius 3 is 2.61 bits per heavy atom. The van der Waals surface area contributed by atoms with E-state index in [1.165, 1.54) is 6.20 Å². The number of nitrogens with zero attached hydrogens (tertiary/aromatic N) is 3. The third kappa shape index (κ3) is 7.62. The van der Waals surface area contributed by atoms with Gasteiger partial charge in [-0.1, -0.05) is 56.5 Å². The number of rotatable bonds is 11. The number of carbonyl (C=O) groups excluding carboxylic acids is 4. The zero-order chi connectivity index (χ0) is 29.2. The molecular formula is C31H40N4O6. The Morgan fingerprint density at radius 2 is 1.85 bits per heavy atom. The fourth-order valence-corrected chi connectivity index (χ4v) is 5.52. The molecule has 1 N–H and O–H groups in total. The number of esters is 1. The molecule has 3 atom stereocenters. The minimum absolute atomic E-state index is 0.141. The van der Waals surface area contributed by atoms with Crippen molar-refractivity contribution >= 4 is 29.8 Å². The van der Waals surface area contributed by atoms with Crippen molar-refractivity contribution in [2.24, 2.45) is 5.92 Å². The summed E-state index contributed by atoms with van der Waals surface area (Å²) in [4.78, 5) is 58.9. The van der Waals surface area contributed by atoms with Crippen LogP contribution in [0.3, 0.4) is 0 Å². The Labute approximate surface area is 241 Å². The van der Waals surface area contributed by atoms with E-state index in [0.717, 1.165) is 49.0 Å². The number of benzene rings is 1. The van der Waals surface area contributed by atoms with E-state index < -0.39 is 36.0 Å². The Kier molecular flexibility index (Phi) is 10.7. The number of nitrogens with one attached hydrogen (secondary N) is 1. The highest BCUT2D eigenvalue weighted by Gasteiger charge is 2.56. The van der Waals surface area contributed by atoms with Gasteiger partial charge in [0, 0.05) is 25.2 Å². The number of aromatic nitrogens is 1. The van der Waals surface area contributed by atoms with Crippen LogP contribution in [0, 0.1) is 5.92 Å². The Balaban J connectivity index is 1.40. The molecule has 0 radical (unpaired) electrons. The van der Waals surface area contributed by atoms with Gasteiger partial charge in [-0.25, -0.2) is 24.3 Å². The predicted molar refractivity (Wildman–Crippen MR) is 153 cm³/mol. The first-order valence-corrected chi connectivity index (χ1v) is 14.6. The normalized spacial score (nSPS) is 20.2. The second-order valence-corrected chi connectivity index (χ2v) is 10.6.